The normalized spacial score (nSPS) is 11.1. The van der Waals surface area contributed by atoms with Gasteiger partial charge in [-0.25, -0.2) is 9.78 Å². The Hall–Kier alpha value is -2.79. The number of fused-ring (bicyclic) bond motifs is 3. The molecule has 0 spiro atoms. The first kappa shape index (κ1) is 15.7. The van der Waals surface area contributed by atoms with Gasteiger partial charge < -0.3 is 4.74 Å². The van der Waals surface area contributed by atoms with Crippen LogP contribution in [0.4, 0.5) is 0 Å². The van der Waals surface area contributed by atoms with Crippen LogP contribution in [0.1, 0.15) is 10.5 Å². The van der Waals surface area contributed by atoms with Crippen molar-refractivity contribution in [1.29, 1.82) is 0 Å². The van der Waals surface area contributed by atoms with Crippen molar-refractivity contribution >= 4 is 34.2 Å². The molecule has 4 aromatic rings. The van der Waals surface area contributed by atoms with Gasteiger partial charge in [0.2, 0.25) is 0 Å². The van der Waals surface area contributed by atoms with Crippen LogP contribution in [-0.2, 0) is 4.74 Å². The van der Waals surface area contributed by atoms with E-state index in [0.717, 1.165) is 27.5 Å². The lowest BCUT2D eigenvalue weighted by atomic mass is 10.0. The zero-order chi connectivity index (χ0) is 17.4. The molecule has 2 heterocycles. The van der Waals surface area contributed by atoms with Gasteiger partial charge in [0.1, 0.15) is 6.33 Å². The number of rotatable bonds is 3. The molecule has 2 aromatic heterocycles. The zero-order valence-electron chi connectivity index (χ0n) is 13.9. The summed E-state index contributed by atoms with van der Waals surface area (Å²) < 4.78 is 6.84. The molecule has 0 amide bonds. The fourth-order valence-corrected chi connectivity index (χ4v) is 3.52. The standard InChI is InChI=1S/C20H16N2O2S/c1-24-20(23)16-11-18-19(13-7-9-14(25-2)10-8-13)15-5-3-4-6-17(15)22(18)12-21-16/h3-12H,1-2H3. The van der Waals surface area contributed by atoms with E-state index in [4.69, 9.17) is 4.74 Å². The summed E-state index contributed by atoms with van der Waals surface area (Å²) in [6, 6.07) is 18.4. The Bertz CT molecular complexity index is 1080. The van der Waals surface area contributed by atoms with Crippen LogP contribution in [0.25, 0.3) is 27.5 Å². The molecule has 0 radical (unpaired) electrons. The van der Waals surface area contributed by atoms with Crippen molar-refractivity contribution in [3.05, 3.63) is 66.6 Å². The predicted octanol–water partition coefficient (Wildman–Crippen LogP) is 4.66. The van der Waals surface area contributed by atoms with E-state index in [1.54, 1.807) is 24.2 Å². The van der Waals surface area contributed by atoms with Crippen molar-refractivity contribution in [2.24, 2.45) is 0 Å². The first-order valence-corrected chi connectivity index (χ1v) is 9.07. The van der Waals surface area contributed by atoms with Gasteiger partial charge in [-0.3, -0.25) is 4.40 Å². The number of methoxy groups -OCH3 is 1. The van der Waals surface area contributed by atoms with E-state index in [1.807, 2.05) is 16.5 Å². The summed E-state index contributed by atoms with van der Waals surface area (Å²) in [6.07, 6.45) is 3.75. The number of esters is 1. The molecule has 0 aliphatic rings. The number of aromatic nitrogens is 2. The van der Waals surface area contributed by atoms with Crippen LogP contribution in [-0.4, -0.2) is 28.7 Å². The lowest BCUT2D eigenvalue weighted by Crippen LogP contribution is -2.05. The van der Waals surface area contributed by atoms with E-state index in [0.29, 0.717) is 5.69 Å². The van der Waals surface area contributed by atoms with Crippen molar-refractivity contribution in [2.75, 3.05) is 13.4 Å². The maximum Gasteiger partial charge on any atom is 0.356 e. The molecule has 25 heavy (non-hydrogen) atoms. The summed E-state index contributed by atoms with van der Waals surface area (Å²) in [7, 11) is 1.37. The largest absolute Gasteiger partial charge is 0.464 e. The highest BCUT2D eigenvalue weighted by Gasteiger charge is 2.16. The highest BCUT2D eigenvalue weighted by Crippen LogP contribution is 2.36. The summed E-state index contributed by atoms with van der Waals surface area (Å²) in [5.74, 6) is -0.434. The second-order valence-electron chi connectivity index (χ2n) is 5.64. The number of carbonyl (C=O) groups excluding carboxylic acids is 1. The summed E-state index contributed by atoms with van der Waals surface area (Å²) >= 11 is 1.71. The highest BCUT2D eigenvalue weighted by molar-refractivity contribution is 7.98. The fourth-order valence-electron chi connectivity index (χ4n) is 3.11. The molecule has 2 aromatic carbocycles. The molecule has 0 fully saturated rings. The molecule has 0 N–H and O–H groups in total. The molecule has 0 aliphatic carbocycles. The van der Waals surface area contributed by atoms with Gasteiger partial charge in [0.25, 0.3) is 0 Å². The van der Waals surface area contributed by atoms with Crippen LogP contribution in [0.15, 0.2) is 65.8 Å². The highest BCUT2D eigenvalue weighted by atomic mass is 32.2. The number of nitrogens with zero attached hydrogens (tertiary/aromatic N) is 2. The topological polar surface area (TPSA) is 43.6 Å². The molecular weight excluding hydrogens is 332 g/mol. The summed E-state index contributed by atoms with van der Waals surface area (Å²) in [6.45, 7) is 0. The van der Waals surface area contributed by atoms with Gasteiger partial charge in [-0.05, 0) is 36.1 Å². The van der Waals surface area contributed by atoms with E-state index < -0.39 is 5.97 Å². The van der Waals surface area contributed by atoms with Crippen molar-refractivity contribution in [1.82, 2.24) is 9.38 Å². The van der Waals surface area contributed by atoms with E-state index in [2.05, 4.69) is 47.6 Å². The van der Waals surface area contributed by atoms with Crippen molar-refractivity contribution in [2.45, 2.75) is 4.90 Å². The number of carbonyl (C=O) groups is 1. The molecule has 0 unspecified atom stereocenters. The number of para-hydroxylation sites is 1. The molecule has 124 valence electrons. The molecule has 0 aliphatic heterocycles. The third kappa shape index (κ3) is 2.57. The smallest absolute Gasteiger partial charge is 0.356 e. The predicted molar refractivity (Wildman–Crippen MR) is 101 cm³/mol. The number of benzene rings is 2. The quantitative estimate of drug-likeness (QED) is 0.399. The molecule has 0 saturated heterocycles. The number of hydrogen-bond acceptors (Lipinski definition) is 4. The van der Waals surface area contributed by atoms with Crippen LogP contribution >= 0.6 is 11.8 Å². The summed E-state index contributed by atoms with van der Waals surface area (Å²) in [4.78, 5) is 17.4. The third-order valence-electron chi connectivity index (χ3n) is 4.31. The summed E-state index contributed by atoms with van der Waals surface area (Å²) in [5.41, 5.74) is 4.51. The van der Waals surface area contributed by atoms with E-state index in [-0.39, 0.29) is 0 Å². The Balaban J connectivity index is 2.05. The molecule has 4 nitrogen and oxygen atoms in total. The SMILES string of the molecule is COC(=O)c1cc2c(-c3ccc(SC)cc3)c3ccccc3n2cn1. The molecule has 0 bridgehead atoms. The minimum atomic E-state index is -0.434. The van der Waals surface area contributed by atoms with Crippen molar-refractivity contribution in [3.63, 3.8) is 0 Å². The second kappa shape index (κ2) is 6.26. The molecule has 0 atom stereocenters. The third-order valence-corrected chi connectivity index (χ3v) is 5.05. The van der Waals surface area contributed by atoms with Crippen LogP contribution in [0.5, 0.6) is 0 Å². The maximum atomic E-state index is 11.9. The lowest BCUT2D eigenvalue weighted by molar-refractivity contribution is 0.0594. The van der Waals surface area contributed by atoms with Crippen LogP contribution in [0.2, 0.25) is 0 Å². The molecule has 5 heteroatoms. The van der Waals surface area contributed by atoms with Crippen LogP contribution in [0, 0.1) is 0 Å². The molecule has 0 saturated carbocycles. The lowest BCUT2D eigenvalue weighted by Gasteiger charge is -2.04. The van der Waals surface area contributed by atoms with Gasteiger partial charge in [0, 0.05) is 15.8 Å². The summed E-state index contributed by atoms with van der Waals surface area (Å²) in [5, 5.41) is 1.13. The second-order valence-corrected chi connectivity index (χ2v) is 6.52. The first-order chi connectivity index (χ1) is 12.2. The number of ether oxygens (including phenoxy) is 1. The first-order valence-electron chi connectivity index (χ1n) is 7.84. The Labute approximate surface area is 149 Å². The fraction of sp³-hybridized carbons (Fsp3) is 0.100. The van der Waals surface area contributed by atoms with Gasteiger partial charge in [-0.15, -0.1) is 11.8 Å². The van der Waals surface area contributed by atoms with Gasteiger partial charge in [0.05, 0.1) is 18.1 Å². The van der Waals surface area contributed by atoms with Crippen LogP contribution < -0.4 is 0 Å². The van der Waals surface area contributed by atoms with E-state index in [1.165, 1.54) is 12.0 Å². The molecular formula is C20H16N2O2S. The number of hydrogen-bond donors (Lipinski definition) is 0. The van der Waals surface area contributed by atoms with Gasteiger partial charge in [-0.1, -0.05) is 30.3 Å². The Morgan fingerprint density at radius 3 is 2.56 bits per heavy atom. The minimum Gasteiger partial charge on any atom is -0.464 e. The maximum absolute atomic E-state index is 11.9. The number of thioether (sulfide) groups is 1. The Kier molecular flexibility index (Phi) is 3.93. The zero-order valence-corrected chi connectivity index (χ0v) is 14.7. The monoisotopic (exact) mass is 348 g/mol. The minimum absolute atomic E-state index is 0.305. The van der Waals surface area contributed by atoms with Gasteiger partial charge in [-0.2, -0.15) is 0 Å². The van der Waals surface area contributed by atoms with Crippen molar-refractivity contribution < 1.29 is 9.53 Å². The van der Waals surface area contributed by atoms with Gasteiger partial charge >= 0.3 is 5.97 Å². The van der Waals surface area contributed by atoms with Crippen LogP contribution in [0.3, 0.4) is 0 Å². The van der Waals surface area contributed by atoms with E-state index >= 15 is 0 Å². The van der Waals surface area contributed by atoms with Gasteiger partial charge in [0.15, 0.2) is 5.69 Å². The van der Waals surface area contributed by atoms with Crippen molar-refractivity contribution in [3.8, 4) is 11.1 Å². The average molecular weight is 348 g/mol. The Morgan fingerprint density at radius 2 is 1.84 bits per heavy atom. The Morgan fingerprint density at radius 1 is 1.08 bits per heavy atom. The average Bonchev–Trinajstić information content (AvgIpc) is 3.01. The van der Waals surface area contributed by atoms with E-state index in [9.17, 15) is 4.79 Å². The molecule has 4 rings (SSSR count).